The third kappa shape index (κ3) is 6.30. The number of nitrogens with zero attached hydrogens (tertiary/aromatic N) is 2. The van der Waals surface area contributed by atoms with Gasteiger partial charge in [-0.3, -0.25) is 4.79 Å². The van der Waals surface area contributed by atoms with E-state index in [4.69, 9.17) is 9.47 Å². The zero-order valence-electron chi connectivity index (χ0n) is 18.6. The lowest BCUT2D eigenvalue weighted by Gasteiger charge is -2.09. The van der Waals surface area contributed by atoms with Crippen LogP contribution in [0.2, 0.25) is 0 Å². The number of sulfonamides is 1. The number of hydrogen-bond acceptors (Lipinski definition) is 7. The number of anilines is 2. The van der Waals surface area contributed by atoms with Gasteiger partial charge < -0.3 is 14.8 Å². The zero-order chi connectivity index (χ0) is 24.0. The molecule has 0 saturated heterocycles. The highest BCUT2D eigenvalue weighted by atomic mass is 32.2. The Balaban J connectivity index is 1.69. The van der Waals surface area contributed by atoms with Gasteiger partial charge in [0.05, 0.1) is 19.1 Å². The summed E-state index contributed by atoms with van der Waals surface area (Å²) in [5, 5.41) is 2.68. The molecular formula is C23H24N4O5S. The Morgan fingerprint density at radius 2 is 1.61 bits per heavy atom. The maximum Gasteiger partial charge on any atom is 0.264 e. The molecule has 2 aromatic carbocycles. The Kier molecular flexibility index (Phi) is 7.29. The number of carbonyl (C=O) groups is 1. The Morgan fingerprint density at radius 3 is 2.21 bits per heavy atom. The zero-order valence-corrected chi connectivity index (χ0v) is 19.4. The van der Waals surface area contributed by atoms with Crippen molar-refractivity contribution in [3.05, 3.63) is 71.6 Å². The summed E-state index contributed by atoms with van der Waals surface area (Å²) in [6.07, 6.45) is 2.95. The fourth-order valence-corrected chi connectivity index (χ4v) is 3.93. The molecule has 3 rings (SSSR count). The average Bonchev–Trinajstić information content (AvgIpc) is 2.76. The van der Waals surface area contributed by atoms with Crippen LogP contribution in [-0.2, 0) is 14.8 Å². The molecule has 0 bridgehead atoms. The first-order chi connectivity index (χ1) is 15.7. The monoisotopic (exact) mass is 468 g/mol. The number of hydrogen-bond donors (Lipinski definition) is 2. The van der Waals surface area contributed by atoms with Crippen molar-refractivity contribution in [1.29, 1.82) is 0 Å². The maximum absolute atomic E-state index is 12.6. The van der Waals surface area contributed by atoms with Crippen LogP contribution in [0, 0.1) is 13.8 Å². The Morgan fingerprint density at radius 1 is 0.939 bits per heavy atom. The fourth-order valence-electron chi connectivity index (χ4n) is 2.99. The molecular weight excluding hydrogens is 444 g/mol. The van der Waals surface area contributed by atoms with Crippen LogP contribution >= 0.6 is 0 Å². The van der Waals surface area contributed by atoms with Crippen molar-refractivity contribution < 1.29 is 22.7 Å². The number of aromatic nitrogens is 2. The van der Waals surface area contributed by atoms with Crippen LogP contribution in [0.25, 0.3) is 6.08 Å². The molecule has 1 aromatic heterocycles. The van der Waals surface area contributed by atoms with Crippen LogP contribution in [0.1, 0.15) is 17.0 Å². The van der Waals surface area contributed by atoms with Gasteiger partial charge in [-0.1, -0.05) is 0 Å². The lowest BCUT2D eigenvalue weighted by molar-refractivity contribution is -0.111. The molecule has 9 nitrogen and oxygen atoms in total. The molecule has 1 heterocycles. The van der Waals surface area contributed by atoms with Crippen molar-refractivity contribution in [2.24, 2.45) is 0 Å². The van der Waals surface area contributed by atoms with E-state index in [-0.39, 0.29) is 10.8 Å². The van der Waals surface area contributed by atoms with Gasteiger partial charge in [-0.2, -0.15) is 0 Å². The Hall–Kier alpha value is -3.92. The first-order valence-corrected chi connectivity index (χ1v) is 11.3. The summed E-state index contributed by atoms with van der Waals surface area (Å²) >= 11 is 0. The van der Waals surface area contributed by atoms with E-state index in [1.165, 1.54) is 37.5 Å². The standard InChI is InChI=1S/C23H24N4O5S/c1-15-13-16(2)25-23(24-15)27-33(29,30)20-9-6-18(7-10-20)26-22(28)12-5-17-14-19(31-3)8-11-21(17)32-4/h5-14H,1-4H3,(H,26,28)(H,24,25,27)/b12-5+. The van der Waals surface area contributed by atoms with Gasteiger partial charge in [0.15, 0.2) is 0 Å². The molecule has 0 aliphatic rings. The summed E-state index contributed by atoms with van der Waals surface area (Å²) < 4.78 is 38.1. The molecule has 172 valence electrons. The van der Waals surface area contributed by atoms with Crippen molar-refractivity contribution in [2.75, 3.05) is 24.3 Å². The van der Waals surface area contributed by atoms with Crippen molar-refractivity contribution in [1.82, 2.24) is 9.97 Å². The van der Waals surface area contributed by atoms with Crippen LogP contribution in [0.4, 0.5) is 11.6 Å². The minimum absolute atomic E-state index is 0.00277. The summed E-state index contributed by atoms with van der Waals surface area (Å²) in [7, 11) is -0.791. The van der Waals surface area contributed by atoms with E-state index in [2.05, 4.69) is 20.0 Å². The molecule has 0 aliphatic heterocycles. The lowest BCUT2D eigenvalue weighted by Crippen LogP contribution is -2.16. The number of nitrogens with one attached hydrogen (secondary N) is 2. The number of methoxy groups -OCH3 is 2. The SMILES string of the molecule is COc1ccc(OC)c(/C=C/C(=O)Nc2ccc(S(=O)(=O)Nc3nc(C)cc(C)n3)cc2)c1. The second-order valence-corrected chi connectivity index (χ2v) is 8.72. The van der Waals surface area contributed by atoms with Crippen molar-refractivity contribution in [3.8, 4) is 11.5 Å². The first kappa shape index (κ1) is 23.7. The smallest absolute Gasteiger partial charge is 0.264 e. The maximum atomic E-state index is 12.6. The van der Waals surface area contributed by atoms with E-state index in [0.29, 0.717) is 34.1 Å². The molecule has 1 amide bonds. The van der Waals surface area contributed by atoms with Crippen LogP contribution < -0.4 is 19.5 Å². The largest absolute Gasteiger partial charge is 0.497 e. The van der Waals surface area contributed by atoms with Gasteiger partial charge in [-0.25, -0.2) is 23.1 Å². The summed E-state index contributed by atoms with van der Waals surface area (Å²) in [6.45, 7) is 3.51. The summed E-state index contributed by atoms with van der Waals surface area (Å²) in [6, 6.07) is 12.7. The van der Waals surface area contributed by atoms with E-state index in [0.717, 1.165) is 0 Å². The Labute approximate surface area is 192 Å². The Bertz CT molecular complexity index is 1270. The van der Waals surface area contributed by atoms with Crippen LogP contribution in [0.3, 0.4) is 0 Å². The van der Waals surface area contributed by atoms with Gasteiger partial charge in [0.2, 0.25) is 11.9 Å². The second kappa shape index (κ2) is 10.1. The molecule has 10 heteroatoms. The molecule has 3 aromatic rings. The molecule has 0 fully saturated rings. The van der Waals surface area contributed by atoms with Crippen LogP contribution in [-0.4, -0.2) is 38.5 Å². The highest BCUT2D eigenvalue weighted by Gasteiger charge is 2.16. The molecule has 0 saturated carbocycles. The van der Waals surface area contributed by atoms with Gasteiger partial charge in [-0.05, 0) is 68.5 Å². The summed E-state index contributed by atoms with van der Waals surface area (Å²) in [5.74, 6) is 0.836. The lowest BCUT2D eigenvalue weighted by atomic mass is 10.1. The van der Waals surface area contributed by atoms with Gasteiger partial charge in [0, 0.05) is 28.7 Å². The van der Waals surface area contributed by atoms with E-state index >= 15 is 0 Å². The highest BCUT2D eigenvalue weighted by molar-refractivity contribution is 7.92. The fraction of sp³-hybridized carbons (Fsp3) is 0.174. The molecule has 0 aliphatic carbocycles. The van der Waals surface area contributed by atoms with Crippen LogP contribution in [0.5, 0.6) is 11.5 Å². The number of benzene rings is 2. The van der Waals surface area contributed by atoms with E-state index in [1.807, 2.05) is 0 Å². The molecule has 0 radical (unpaired) electrons. The van der Waals surface area contributed by atoms with Crippen LogP contribution in [0.15, 0.2) is 59.5 Å². The van der Waals surface area contributed by atoms with E-state index in [1.54, 1.807) is 51.3 Å². The van der Waals surface area contributed by atoms with Crippen molar-refractivity contribution in [3.63, 3.8) is 0 Å². The third-order valence-electron chi connectivity index (χ3n) is 4.49. The minimum atomic E-state index is -3.88. The quantitative estimate of drug-likeness (QED) is 0.485. The number of ether oxygens (including phenoxy) is 2. The number of aryl methyl sites for hydroxylation is 2. The van der Waals surface area contributed by atoms with Gasteiger partial charge in [0.1, 0.15) is 11.5 Å². The predicted molar refractivity (Wildman–Crippen MR) is 126 cm³/mol. The topological polar surface area (TPSA) is 120 Å². The first-order valence-electron chi connectivity index (χ1n) is 9.86. The third-order valence-corrected chi connectivity index (χ3v) is 5.84. The summed E-state index contributed by atoms with van der Waals surface area (Å²) in [4.78, 5) is 20.5. The molecule has 33 heavy (non-hydrogen) atoms. The normalized spacial score (nSPS) is 11.3. The number of rotatable bonds is 8. The second-order valence-electron chi connectivity index (χ2n) is 7.03. The van der Waals surface area contributed by atoms with Crippen molar-refractivity contribution in [2.45, 2.75) is 18.7 Å². The number of amides is 1. The van der Waals surface area contributed by atoms with E-state index in [9.17, 15) is 13.2 Å². The van der Waals surface area contributed by atoms with Crippen molar-refractivity contribution >= 4 is 33.6 Å². The minimum Gasteiger partial charge on any atom is -0.497 e. The highest BCUT2D eigenvalue weighted by Crippen LogP contribution is 2.25. The molecule has 0 atom stereocenters. The van der Waals surface area contributed by atoms with Gasteiger partial charge in [-0.15, -0.1) is 0 Å². The van der Waals surface area contributed by atoms with E-state index < -0.39 is 15.9 Å². The molecule has 2 N–H and O–H groups in total. The average molecular weight is 469 g/mol. The molecule has 0 spiro atoms. The summed E-state index contributed by atoms with van der Waals surface area (Å²) in [5.41, 5.74) is 2.41. The van der Waals surface area contributed by atoms with Gasteiger partial charge >= 0.3 is 0 Å². The molecule has 0 unspecified atom stereocenters. The predicted octanol–water partition coefficient (Wildman–Crippen LogP) is 3.56. The van der Waals surface area contributed by atoms with Gasteiger partial charge in [0.25, 0.3) is 10.0 Å². The number of carbonyl (C=O) groups excluding carboxylic acids is 1.